The smallest absolute Gasteiger partial charge is 0.273 e. The maximum Gasteiger partial charge on any atom is 0.273 e. The second kappa shape index (κ2) is 7.20. The summed E-state index contributed by atoms with van der Waals surface area (Å²) in [6.45, 7) is 0.269. The molecule has 3 aromatic heterocycles. The fourth-order valence-corrected chi connectivity index (χ4v) is 2.51. The van der Waals surface area contributed by atoms with E-state index in [2.05, 4.69) is 15.6 Å². The third-order valence-electron chi connectivity index (χ3n) is 3.92. The molecule has 1 N–H and O–H groups in total. The van der Waals surface area contributed by atoms with Gasteiger partial charge in [-0.1, -0.05) is 5.16 Å². The molecule has 1 amide bonds. The summed E-state index contributed by atoms with van der Waals surface area (Å²) in [7, 11) is 1.62. The average Bonchev–Trinajstić information content (AvgIpc) is 3.47. The zero-order valence-electron chi connectivity index (χ0n) is 14.5. The highest BCUT2D eigenvalue weighted by molar-refractivity contribution is 5.92. The van der Waals surface area contributed by atoms with E-state index in [0.29, 0.717) is 17.2 Å². The number of amides is 1. The Labute approximate surface area is 154 Å². The van der Waals surface area contributed by atoms with Crippen molar-refractivity contribution in [1.82, 2.24) is 20.3 Å². The van der Waals surface area contributed by atoms with Crippen LogP contribution in [0.25, 0.3) is 17.2 Å². The lowest BCUT2D eigenvalue weighted by Gasteiger charge is -2.03. The molecule has 0 aliphatic heterocycles. The molecule has 0 saturated carbocycles. The fourth-order valence-electron chi connectivity index (χ4n) is 2.51. The van der Waals surface area contributed by atoms with E-state index in [1.807, 2.05) is 36.5 Å². The van der Waals surface area contributed by atoms with Gasteiger partial charge in [-0.25, -0.2) is 4.68 Å². The number of nitrogens with one attached hydrogen (secondary N) is 1. The summed E-state index contributed by atoms with van der Waals surface area (Å²) in [6.07, 6.45) is 3.35. The number of hydrogen-bond acceptors (Lipinski definition) is 6. The summed E-state index contributed by atoms with van der Waals surface area (Å²) < 4.78 is 17.2. The van der Waals surface area contributed by atoms with Crippen molar-refractivity contribution >= 4 is 5.91 Å². The maximum atomic E-state index is 12.2. The molecule has 0 aliphatic rings. The number of carbonyl (C=O) groups is 1. The predicted octanol–water partition coefficient (Wildman–Crippen LogP) is 3.06. The van der Waals surface area contributed by atoms with Gasteiger partial charge in [-0.05, 0) is 42.5 Å². The second-order valence-corrected chi connectivity index (χ2v) is 5.69. The lowest BCUT2D eigenvalue weighted by molar-refractivity contribution is 0.0941. The molecule has 8 heteroatoms. The molecule has 0 bridgehead atoms. The van der Waals surface area contributed by atoms with E-state index in [1.54, 1.807) is 23.9 Å². The van der Waals surface area contributed by atoms with E-state index in [1.165, 1.54) is 12.3 Å². The lowest BCUT2D eigenvalue weighted by atomic mass is 10.3. The van der Waals surface area contributed by atoms with Gasteiger partial charge >= 0.3 is 0 Å². The fraction of sp³-hybridized carbons (Fsp3) is 0.105. The first-order valence-electron chi connectivity index (χ1n) is 8.21. The number of ether oxygens (including phenoxy) is 1. The summed E-state index contributed by atoms with van der Waals surface area (Å²) in [6, 6.07) is 14.4. The Hall–Kier alpha value is -3.81. The first-order valence-corrected chi connectivity index (χ1v) is 8.21. The minimum absolute atomic E-state index is 0.177. The number of methoxy groups -OCH3 is 1. The molecule has 27 heavy (non-hydrogen) atoms. The highest BCUT2D eigenvalue weighted by Crippen LogP contribution is 2.20. The van der Waals surface area contributed by atoms with E-state index >= 15 is 0 Å². The molecular weight excluding hydrogens is 348 g/mol. The third-order valence-corrected chi connectivity index (χ3v) is 3.92. The molecule has 0 saturated heterocycles. The van der Waals surface area contributed by atoms with Crippen LogP contribution in [-0.4, -0.2) is 28.0 Å². The van der Waals surface area contributed by atoms with Crippen molar-refractivity contribution in [3.05, 3.63) is 72.4 Å². The van der Waals surface area contributed by atoms with Crippen molar-refractivity contribution in [3.63, 3.8) is 0 Å². The van der Waals surface area contributed by atoms with Crippen LogP contribution in [0.4, 0.5) is 0 Å². The summed E-state index contributed by atoms with van der Waals surface area (Å²) in [5.74, 6) is 1.34. The Balaban J connectivity index is 1.39. The first kappa shape index (κ1) is 16.6. The van der Waals surface area contributed by atoms with Crippen LogP contribution >= 0.6 is 0 Å². The topological polar surface area (TPSA) is 95.3 Å². The van der Waals surface area contributed by atoms with Crippen LogP contribution in [0.1, 0.15) is 16.2 Å². The molecule has 0 aliphatic carbocycles. The molecule has 8 nitrogen and oxygen atoms in total. The Morgan fingerprint density at radius 3 is 2.78 bits per heavy atom. The van der Waals surface area contributed by atoms with Crippen molar-refractivity contribution < 1.29 is 18.5 Å². The highest BCUT2D eigenvalue weighted by atomic mass is 16.5. The van der Waals surface area contributed by atoms with Gasteiger partial charge in [0.25, 0.3) is 5.91 Å². The molecule has 136 valence electrons. The molecule has 3 heterocycles. The Morgan fingerprint density at radius 1 is 1.19 bits per heavy atom. The van der Waals surface area contributed by atoms with Crippen molar-refractivity contribution in [2.24, 2.45) is 0 Å². The molecule has 4 rings (SSSR count). The number of hydrogen-bond donors (Lipinski definition) is 1. The zero-order valence-corrected chi connectivity index (χ0v) is 14.5. The number of nitrogens with zero attached hydrogens (tertiary/aromatic N) is 3. The Kier molecular flexibility index (Phi) is 4.44. The molecular formula is C19H16N4O4. The zero-order chi connectivity index (χ0) is 18.6. The number of aromatic nitrogens is 3. The van der Waals surface area contributed by atoms with Gasteiger partial charge < -0.3 is 19.0 Å². The third kappa shape index (κ3) is 3.59. The number of carbonyl (C=O) groups excluding carboxylic acids is 1. The van der Waals surface area contributed by atoms with Crippen LogP contribution in [0.2, 0.25) is 0 Å². The normalized spacial score (nSPS) is 10.7. The van der Waals surface area contributed by atoms with Crippen LogP contribution in [0.3, 0.4) is 0 Å². The summed E-state index contributed by atoms with van der Waals surface area (Å²) in [5, 5.41) is 11.0. The van der Waals surface area contributed by atoms with E-state index in [9.17, 15) is 4.79 Å². The van der Waals surface area contributed by atoms with Crippen molar-refractivity contribution in [2.45, 2.75) is 6.54 Å². The van der Waals surface area contributed by atoms with Crippen LogP contribution in [0, 0.1) is 0 Å². The van der Waals surface area contributed by atoms with Crippen LogP contribution in [-0.2, 0) is 6.54 Å². The Morgan fingerprint density at radius 2 is 2.04 bits per heavy atom. The summed E-state index contributed by atoms with van der Waals surface area (Å²) in [4.78, 5) is 12.2. The molecule has 1 aromatic carbocycles. The first-order chi connectivity index (χ1) is 13.2. The number of furan rings is 1. The SMILES string of the molecule is COc1ccc(-n2ccc(CNC(=O)c3cc(-c4ccco4)on3)n2)cc1. The van der Waals surface area contributed by atoms with Gasteiger partial charge in [0.1, 0.15) is 5.75 Å². The standard InChI is InChI=1S/C19H16N4O4/c1-25-15-6-4-14(5-7-15)23-9-8-13(21-23)12-20-19(24)16-11-18(27-22-16)17-3-2-10-26-17/h2-11H,12H2,1H3,(H,20,24). The predicted molar refractivity (Wildman–Crippen MR) is 95.5 cm³/mol. The van der Waals surface area contributed by atoms with Gasteiger partial charge in [0.15, 0.2) is 11.5 Å². The molecule has 0 radical (unpaired) electrons. The van der Waals surface area contributed by atoms with E-state index in [0.717, 1.165) is 11.4 Å². The largest absolute Gasteiger partial charge is 0.497 e. The van der Waals surface area contributed by atoms with Crippen LogP contribution in [0.5, 0.6) is 5.75 Å². The summed E-state index contributed by atoms with van der Waals surface area (Å²) >= 11 is 0. The maximum absolute atomic E-state index is 12.2. The van der Waals surface area contributed by atoms with Crippen LogP contribution in [0.15, 0.2) is 69.9 Å². The molecule has 4 aromatic rings. The minimum atomic E-state index is -0.351. The number of rotatable bonds is 6. The minimum Gasteiger partial charge on any atom is -0.497 e. The van der Waals surface area contributed by atoms with Crippen molar-refractivity contribution in [3.8, 4) is 23.0 Å². The summed E-state index contributed by atoms with van der Waals surface area (Å²) in [5.41, 5.74) is 1.79. The Bertz CT molecular complexity index is 1030. The second-order valence-electron chi connectivity index (χ2n) is 5.69. The van der Waals surface area contributed by atoms with Gasteiger partial charge in [-0.3, -0.25) is 4.79 Å². The van der Waals surface area contributed by atoms with Gasteiger partial charge in [0.05, 0.1) is 31.3 Å². The number of benzene rings is 1. The van der Waals surface area contributed by atoms with Gasteiger partial charge in [0.2, 0.25) is 5.76 Å². The molecule has 0 spiro atoms. The van der Waals surface area contributed by atoms with Gasteiger partial charge in [0, 0.05) is 12.3 Å². The lowest BCUT2D eigenvalue weighted by Crippen LogP contribution is -2.23. The van der Waals surface area contributed by atoms with E-state index in [4.69, 9.17) is 13.7 Å². The van der Waals surface area contributed by atoms with Gasteiger partial charge in [-0.15, -0.1) is 0 Å². The molecule has 0 unspecified atom stereocenters. The van der Waals surface area contributed by atoms with Crippen molar-refractivity contribution in [2.75, 3.05) is 7.11 Å². The average molecular weight is 364 g/mol. The molecule has 0 fully saturated rings. The highest BCUT2D eigenvalue weighted by Gasteiger charge is 2.15. The quantitative estimate of drug-likeness (QED) is 0.565. The molecule has 0 atom stereocenters. The van der Waals surface area contributed by atoms with Crippen molar-refractivity contribution in [1.29, 1.82) is 0 Å². The monoisotopic (exact) mass is 364 g/mol. The van der Waals surface area contributed by atoms with E-state index < -0.39 is 0 Å². The van der Waals surface area contributed by atoms with Crippen LogP contribution < -0.4 is 10.1 Å². The van der Waals surface area contributed by atoms with E-state index in [-0.39, 0.29) is 18.1 Å². The van der Waals surface area contributed by atoms with Gasteiger partial charge in [-0.2, -0.15) is 5.10 Å².